The molecule has 2 unspecified atom stereocenters. The van der Waals surface area contributed by atoms with Crippen molar-refractivity contribution in [2.24, 2.45) is 5.92 Å². The van der Waals surface area contributed by atoms with E-state index in [9.17, 15) is 27.2 Å². The van der Waals surface area contributed by atoms with Crippen molar-refractivity contribution in [2.75, 3.05) is 0 Å². The van der Waals surface area contributed by atoms with Crippen molar-refractivity contribution in [3.05, 3.63) is 35.1 Å². The number of hydrogen-bond donors (Lipinski definition) is 0. The van der Waals surface area contributed by atoms with Crippen LogP contribution in [0.1, 0.15) is 68.8 Å². The third-order valence-electron chi connectivity index (χ3n) is 5.50. The summed E-state index contributed by atoms with van der Waals surface area (Å²) in [7, 11) is 0. The molecule has 0 aromatic heterocycles. The van der Waals surface area contributed by atoms with Crippen molar-refractivity contribution >= 4 is 11.9 Å². The van der Waals surface area contributed by atoms with Crippen LogP contribution >= 0.6 is 0 Å². The highest BCUT2D eigenvalue weighted by atomic mass is 19.4. The molecule has 2 atom stereocenters. The van der Waals surface area contributed by atoms with Crippen LogP contribution in [0.5, 0.6) is 0 Å². The first-order valence-electron chi connectivity index (χ1n) is 9.79. The van der Waals surface area contributed by atoms with E-state index in [2.05, 4.69) is 0 Å². The standard InChI is InChI=1S/C21H25F4NO3/c1-20(2,3)29-19(28)26-14-5-4-6-15(26)10-12(9-14)18(27)16-8-7-13(22)11-17(16)21(23,24)25/h7-8,11-12,14-15H,4-6,9-10H2,1-3H3. The fraction of sp³-hybridized carbons (Fsp3) is 0.619. The minimum absolute atomic E-state index is 0.249. The normalized spacial score (nSPS) is 24.9. The number of fused-ring (bicyclic) bond motifs is 2. The highest BCUT2D eigenvalue weighted by Crippen LogP contribution is 2.41. The van der Waals surface area contributed by atoms with Crippen LogP contribution in [0.3, 0.4) is 0 Å². The zero-order valence-corrected chi connectivity index (χ0v) is 16.7. The van der Waals surface area contributed by atoms with Gasteiger partial charge in [-0.25, -0.2) is 9.18 Å². The number of Topliss-reactive ketones (excluding diaryl/α,β-unsaturated/α-hetero) is 1. The second-order valence-electron chi connectivity index (χ2n) is 8.85. The Labute approximate surface area is 167 Å². The Bertz CT molecular complexity index is 786. The molecule has 0 aliphatic carbocycles. The predicted molar refractivity (Wildman–Crippen MR) is 98.0 cm³/mol. The van der Waals surface area contributed by atoms with Crippen LogP contribution in [0, 0.1) is 11.7 Å². The first kappa shape index (κ1) is 21.6. The van der Waals surface area contributed by atoms with Crippen molar-refractivity contribution in [3.63, 3.8) is 0 Å². The molecule has 2 aliphatic rings. The van der Waals surface area contributed by atoms with Gasteiger partial charge in [0.25, 0.3) is 0 Å². The molecule has 29 heavy (non-hydrogen) atoms. The van der Waals surface area contributed by atoms with Gasteiger partial charge in [0.2, 0.25) is 0 Å². The minimum atomic E-state index is -4.82. The van der Waals surface area contributed by atoms with Gasteiger partial charge >= 0.3 is 12.3 Å². The Kier molecular flexibility index (Phi) is 5.66. The average molecular weight is 415 g/mol. The molecule has 0 radical (unpaired) electrons. The summed E-state index contributed by atoms with van der Waals surface area (Å²) < 4.78 is 58.8. The van der Waals surface area contributed by atoms with E-state index in [1.807, 2.05) is 0 Å². The molecule has 0 saturated carbocycles. The molecule has 2 saturated heterocycles. The highest BCUT2D eigenvalue weighted by molar-refractivity contribution is 5.99. The lowest BCUT2D eigenvalue weighted by molar-refractivity contribution is -0.138. The molecule has 8 heteroatoms. The number of alkyl halides is 3. The Morgan fingerprint density at radius 3 is 2.17 bits per heavy atom. The predicted octanol–water partition coefficient (Wildman–Crippen LogP) is 5.60. The van der Waals surface area contributed by atoms with Crippen molar-refractivity contribution < 1.29 is 31.9 Å². The van der Waals surface area contributed by atoms with E-state index in [0.717, 1.165) is 18.6 Å². The molecule has 160 valence electrons. The van der Waals surface area contributed by atoms with Crippen LogP contribution in [-0.4, -0.2) is 34.5 Å². The van der Waals surface area contributed by atoms with E-state index < -0.39 is 46.5 Å². The molecular weight excluding hydrogens is 390 g/mol. The minimum Gasteiger partial charge on any atom is -0.444 e. The molecule has 2 bridgehead atoms. The zero-order chi connectivity index (χ0) is 21.6. The van der Waals surface area contributed by atoms with Crippen molar-refractivity contribution in [3.8, 4) is 0 Å². The molecule has 1 amide bonds. The molecule has 0 spiro atoms. The van der Waals surface area contributed by atoms with Crippen LogP contribution in [0.15, 0.2) is 18.2 Å². The highest BCUT2D eigenvalue weighted by Gasteiger charge is 2.45. The number of rotatable bonds is 2. The van der Waals surface area contributed by atoms with Crippen LogP contribution in [0.2, 0.25) is 0 Å². The smallest absolute Gasteiger partial charge is 0.417 e. The van der Waals surface area contributed by atoms with E-state index in [1.165, 1.54) is 0 Å². The maximum absolute atomic E-state index is 13.4. The van der Waals surface area contributed by atoms with Crippen molar-refractivity contribution in [2.45, 2.75) is 76.7 Å². The molecule has 1 aromatic carbocycles. The quantitative estimate of drug-likeness (QED) is 0.467. The fourth-order valence-electron chi connectivity index (χ4n) is 4.39. The van der Waals surface area contributed by atoms with Gasteiger partial charge in [-0.15, -0.1) is 0 Å². The maximum Gasteiger partial charge on any atom is 0.417 e. The van der Waals surface area contributed by atoms with Gasteiger partial charge in [-0.3, -0.25) is 4.79 Å². The van der Waals surface area contributed by atoms with Crippen molar-refractivity contribution in [1.29, 1.82) is 0 Å². The second-order valence-corrected chi connectivity index (χ2v) is 8.85. The van der Waals surface area contributed by atoms with Gasteiger partial charge in [0.05, 0.1) is 5.56 Å². The summed E-state index contributed by atoms with van der Waals surface area (Å²) in [5, 5.41) is 0. The Morgan fingerprint density at radius 2 is 1.66 bits per heavy atom. The van der Waals surface area contributed by atoms with E-state index in [1.54, 1.807) is 25.7 Å². The number of amides is 1. The first-order valence-corrected chi connectivity index (χ1v) is 9.79. The Hall–Kier alpha value is -2.12. The molecule has 2 aliphatic heterocycles. The van der Waals surface area contributed by atoms with E-state index in [4.69, 9.17) is 4.74 Å². The number of carbonyl (C=O) groups excluding carboxylic acids is 2. The van der Waals surface area contributed by atoms with Gasteiger partial charge in [-0.05, 0) is 71.1 Å². The van der Waals surface area contributed by atoms with Gasteiger partial charge in [0, 0.05) is 23.6 Å². The Balaban J connectivity index is 1.83. The fourth-order valence-corrected chi connectivity index (χ4v) is 4.39. The summed E-state index contributed by atoms with van der Waals surface area (Å²) in [5.41, 5.74) is -2.41. The molecule has 2 heterocycles. The van der Waals surface area contributed by atoms with Gasteiger partial charge in [-0.1, -0.05) is 0 Å². The monoisotopic (exact) mass is 415 g/mol. The molecule has 3 rings (SSSR count). The van der Waals surface area contributed by atoms with Crippen LogP contribution in [0.25, 0.3) is 0 Å². The first-order chi connectivity index (χ1) is 13.4. The summed E-state index contributed by atoms with van der Waals surface area (Å²) in [5.74, 6) is -2.32. The van der Waals surface area contributed by atoms with E-state index in [-0.39, 0.29) is 24.9 Å². The lowest BCUT2D eigenvalue weighted by Crippen LogP contribution is -2.56. The average Bonchev–Trinajstić information content (AvgIpc) is 2.57. The van der Waals surface area contributed by atoms with Gasteiger partial charge in [0.1, 0.15) is 11.4 Å². The largest absolute Gasteiger partial charge is 0.444 e. The third kappa shape index (κ3) is 4.73. The topological polar surface area (TPSA) is 46.6 Å². The number of ether oxygens (including phenoxy) is 1. The summed E-state index contributed by atoms with van der Waals surface area (Å²) in [6.07, 6.45) is -2.47. The SMILES string of the molecule is CC(C)(C)OC(=O)N1C2CCCC1CC(C(=O)c1ccc(F)cc1C(F)(F)F)C2. The van der Waals surface area contributed by atoms with Crippen LogP contribution in [-0.2, 0) is 10.9 Å². The molecule has 4 nitrogen and oxygen atoms in total. The van der Waals surface area contributed by atoms with Crippen LogP contribution < -0.4 is 0 Å². The summed E-state index contributed by atoms with van der Waals surface area (Å²) in [6, 6.07) is 1.65. The number of hydrogen-bond acceptors (Lipinski definition) is 3. The van der Waals surface area contributed by atoms with Crippen molar-refractivity contribution in [1.82, 2.24) is 4.90 Å². The Morgan fingerprint density at radius 1 is 1.07 bits per heavy atom. The summed E-state index contributed by atoms with van der Waals surface area (Å²) in [4.78, 5) is 27.2. The number of nitrogens with zero attached hydrogens (tertiary/aromatic N) is 1. The van der Waals surface area contributed by atoms with E-state index >= 15 is 0 Å². The number of piperidine rings is 2. The molecule has 2 fully saturated rings. The number of benzene rings is 1. The molecular formula is C21H25F4NO3. The van der Waals surface area contributed by atoms with Gasteiger partial charge in [0.15, 0.2) is 5.78 Å². The number of ketones is 1. The molecule has 0 N–H and O–H groups in total. The maximum atomic E-state index is 13.4. The zero-order valence-electron chi connectivity index (χ0n) is 16.7. The van der Waals surface area contributed by atoms with Gasteiger partial charge < -0.3 is 9.64 Å². The summed E-state index contributed by atoms with van der Waals surface area (Å²) >= 11 is 0. The van der Waals surface area contributed by atoms with E-state index in [0.29, 0.717) is 18.9 Å². The lowest BCUT2D eigenvalue weighted by atomic mass is 9.75. The van der Waals surface area contributed by atoms with Crippen LogP contribution in [0.4, 0.5) is 22.4 Å². The lowest BCUT2D eigenvalue weighted by Gasteiger charge is -2.48. The van der Waals surface area contributed by atoms with Gasteiger partial charge in [-0.2, -0.15) is 13.2 Å². The second kappa shape index (κ2) is 7.61. The third-order valence-corrected chi connectivity index (χ3v) is 5.50. The molecule has 1 aromatic rings. The number of carbonyl (C=O) groups is 2. The summed E-state index contributed by atoms with van der Waals surface area (Å²) in [6.45, 7) is 5.30. The number of halogens is 4.